The number of aryl methyl sites for hydroxylation is 1. The number of rotatable bonds is 5. The maximum Gasteiger partial charge on any atom is 0.285 e. The summed E-state index contributed by atoms with van der Waals surface area (Å²) in [5.41, 5.74) is 2.22. The molecule has 1 aliphatic carbocycles. The Hall–Kier alpha value is -2.43. The fraction of sp³-hybridized carbons (Fsp3) is 0.368. The first kappa shape index (κ1) is 21.8. The number of halogens is 2. The van der Waals surface area contributed by atoms with Gasteiger partial charge in [0.25, 0.3) is 5.91 Å². The topological polar surface area (TPSA) is 120 Å². The molecule has 3 aromatic rings. The summed E-state index contributed by atoms with van der Waals surface area (Å²) in [5.74, 6) is -1.18. The lowest BCUT2D eigenvalue weighted by Gasteiger charge is -2.09. The van der Waals surface area contributed by atoms with Crippen molar-refractivity contribution >= 4 is 39.1 Å². The molecule has 0 fully saturated rings. The van der Waals surface area contributed by atoms with Crippen molar-refractivity contribution in [2.45, 2.75) is 44.8 Å². The van der Waals surface area contributed by atoms with Crippen LogP contribution < -0.4 is 4.72 Å². The van der Waals surface area contributed by atoms with Crippen molar-refractivity contribution in [3.63, 3.8) is 0 Å². The average Bonchev–Trinajstić information content (AvgIpc) is 3.15. The summed E-state index contributed by atoms with van der Waals surface area (Å²) in [6, 6.07) is 5.00. The molecule has 2 heterocycles. The number of benzene rings is 1. The van der Waals surface area contributed by atoms with Crippen LogP contribution in [-0.4, -0.2) is 34.2 Å². The predicted octanol–water partition coefficient (Wildman–Crippen LogP) is 3.40. The number of nitrogens with one attached hydrogen (secondary N) is 1. The van der Waals surface area contributed by atoms with Crippen molar-refractivity contribution in [1.82, 2.24) is 24.6 Å². The average molecular weight is 484 g/mol. The first-order valence-corrected chi connectivity index (χ1v) is 12.0. The number of sulfonamides is 1. The third-order valence-electron chi connectivity index (χ3n) is 4.92. The Labute approximate surface area is 188 Å². The van der Waals surface area contributed by atoms with Gasteiger partial charge in [-0.15, -0.1) is 0 Å². The second kappa shape index (κ2) is 8.60. The van der Waals surface area contributed by atoms with Gasteiger partial charge in [0.1, 0.15) is 5.75 Å². The molecule has 1 N–H and O–H groups in total. The van der Waals surface area contributed by atoms with Crippen molar-refractivity contribution in [3.8, 4) is 5.69 Å². The molecule has 2 aromatic heterocycles. The Balaban J connectivity index is 1.69. The van der Waals surface area contributed by atoms with E-state index in [2.05, 4.69) is 20.0 Å². The van der Waals surface area contributed by atoms with Crippen LogP contribution in [0.25, 0.3) is 5.69 Å². The molecule has 1 aliphatic rings. The lowest BCUT2D eigenvalue weighted by Crippen LogP contribution is -2.32. The van der Waals surface area contributed by atoms with Crippen LogP contribution in [0.15, 0.2) is 22.7 Å². The fourth-order valence-corrected chi connectivity index (χ4v) is 5.00. The molecule has 0 aliphatic heterocycles. The molecule has 31 heavy (non-hydrogen) atoms. The Bertz CT molecular complexity index is 1250. The minimum absolute atomic E-state index is 0.0323. The quantitative estimate of drug-likeness (QED) is 0.551. The van der Waals surface area contributed by atoms with E-state index in [-0.39, 0.29) is 17.4 Å². The number of carbonyl (C=O) groups excluding carboxylic acids is 1. The molecule has 4 rings (SSSR count). The lowest BCUT2D eigenvalue weighted by atomic mass is 10.1. The summed E-state index contributed by atoms with van der Waals surface area (Å²) in [6.45, 7) is 1.55. The van der Waals surface area contributed by atoms with E-state index in [1.807, 2.05) is 0 Å². The zero-order valence-electron chi connectivity index (χ0n) is 16.6. The van der Waals surface area contributed by atoms with E-state index >= 15 is 0 Å². The van der Waals surface area contributed by atoms with Crippen molar-refractivity contribution in [2.75, 3.05) is 0 Å². The van der Waals surface area contributed by atoms with Gasteiger partial charge in [-0.1, -0.05) is 34.8 Å². The summed E-state index contributed by atoms with van der Waals surface area (Å²) in [6.07, 6.45) is 4.12. The highest BCUT2D eigenvalue weighted by Crippen LogP contribution is 2.30. The highest BCUT2D eigenvalue weighted by Gasteiger charge is 2.28. The van der Waals surface area contributed by atoms with E-state index in [1.165, 1.54) is 0 Å². The van der Waals surface area contributed by atoms with Gasteiger partial charge in [0.15, 0.2) is 11.5 Å². The largest absolute Gasteiger partial charge is 0.340 e. The summed E-state index contributed by atoms with van der Waals surface area (Å²) in [7, 11) is -4.05. The van der Waals surface area contributed by atoms with E-state index in [4.69, 9.17) is 27.7 Å². The number of nitrogens with zero attached hydrogens (tertiary/aromatic N) is 4. The maximum absolute atomic E-state index is 12.9. The molecule has 12 heteroatoms. The van der Waals surface area contributed by atoms with Crippen LogP contribution in [0.5, 0.6) is 0 Å². The van der Waals surface area contributed by atoms with Gasteiger partial charge in [-0.05, 0) is 43.9 Å². The van der Waals surface area contributed by atoms with Crippen molar-refractivity contribution in [1.29, 1.82) is 0 Å². The molecule has 9 nitrogen and oxygen atoms in total. The first-order valence-electron chi connectivity index (χ1n) is 9.64. The van der Waals surface area contributed by atoms with Crippen LogP contribution in [0.4, 0.5) is 0 Å². The van der Waals surface area contributed by atoms with Gasteiger partial charge >= 0.3 is 0 Å². The van der Waals surface area contributed by atoms with Gasteiger partial charge in [-0.3, -0.25) is 4.79 Å². The Morgan fingerprint density at radius 1 is 1.23 bits per heavy atom. The molecule has 0 saturated heterocycles. The Morgan fingerprint density at radius 2 is 2.00 bits per heavy atom. The second-order valence-electron chi connectivity index (χ2n) is 7.26. The molecule has 1 aromatic carbocycles. The van der Waals surface area contributed by atoms with Gasteiger partial charge in [0.05, 0.1) is 10.7 Å². The highest BCUT2D eigenvalue weighted by molar-refractivity contribution is 7.89. The molecule has 0 atom stereocenters. The van der Waals surface area contributed by atoms with Gasteiger partial charge < -0.3 is 4.52 Å². The number of aromatic nitrogens is 4. The SMILES string of the molecule is Cc1nc(CS(=O)(=O)NC(=O)c2nn(-c3ccc(Cl)cc3Cl)c3c2CCCCC3)no1. The van der Waals surface area contributed by atoms with E-state index in [1.54, 1.807) is 29.8 Å². The van der Waals surface area contributed by atoms with Gasteiger partial charge in [0, 0.05) is 23.2 Å². The molecule has 0 spiro atoms. The molecular formula is C19H19Cl2N5O4S. The van der Waals surface area contributed by atoms with E-state index in [0.717, 1.165) is 30.5 Å². The first-order chi connectivity index (χ1) is 14.7. The normalized spacial score (nSPS) is 14.2. The van der Waals surface area contributed by atoms with Crippen molar-refractivity contribution in [3.05, 3.63) is 56.9 Å². The molecule has 1 amide bonds. The monoisotopic (exact) mass is 483 g/mol. The minimum Gasteiger partial charge on any atom is -0.340 e. The number of hydrogen-bond acceptors (Lipinski definition) is 7. The molecule has 0 saturated carbocycles. The van der Waals surface area contributed by atoms with Crippen LogP contribution in [0, 0.1) is 6.92 Å². The van der Waals surface area contributed by atoms with E-state index < -0.39 is 21.7 Å². The lowest BCUT2D eigenvalue weighted by molar-refractivity contribution is 0.0975. The van der Waals surface area contributed by atoms with Crippen LogP contribution in [0.2, 0.25) is 10.0 Å². The number of fused-ring (bicyclic) bond motifs is 1. The predicted molar refractivity (Wildman–Crippen MR) is 114 cm³/mol. The molecule has 164 valence electrons. The maximum atomic E-state index is 12.9. The Morgan fingerprint density at radius 3 is 2.71 bits per heavy atom. The molecule has 0 unspecified atom stereocenters. The number of carbonyl (C=O) groups is 1. The van der Waals surface area contributed by atoms with Crippen LogP contribution in [-0.2, 0) is 28.6 Å². The molecule has 0 radical (unpaired) electrons. The third-order valence-corrected chi connectivity index (χ3v) is 6.59. The minimum atomic E-state index is -4.05. The highest BCUT2D eigenvalue weighted by atomic mass is 35.5. The number of amides is 1. The van der Waals surface area contributed by atoms with Gasteiger partial charge in [0.2, 0.25) is 15.9 Å². The van der Waals surface area contributed by atoms with Crippen molar-refractivity contribution in [2.24, 2.45) is 0 Å². The molecular weight excluding hydrogens is 465 g/mol. The fourth-order valence-electron chi connectivity index (χ4n) is 3.61. The van der Waals surface area contributed by atoms with Crippen LogP contribution in [0.1, 0.15) is 52.7 Å². The zero-order chi connectivity index (χ0) is 22.2. The van der Waals surface area contributed by atoms with Crippen LogP contribution >= 0.6 is 23.2 Å². The van der Waals surface area contributed by atoms with Crippen molar-refractivity contribution < 1.29 is 17.7 Å². The second-order valence-corrected chi connectivity index (χ2v) is 9.83. The van der Waals surface area contributed by atoms with Gasteiger partial charge in [-0.2, -0.15) is 10.1 Å². The van der Waals surface area contributed by atoms with Gasteiger partial charge in [-0.25, -0.2) is 17.8 Å². The smallest absolute Gasteiger partial charge is 0.285 e. The van der Waals surface area contributed by atoms with Crippen LogP contribution in [0.3, 0.4) is 0 Å². The summed E-state index contributed by atoms with van der Waals surface area (Å²) in [5, 5.41) is 8.88. The zero-order valence-corrected chi connectivity index (χ0v) is 18.9. The Kier molecular flexibility index (Phi) is 6.05. The summed E-state index contributed by atoms with van der Waals surface area (Å²) in [4.78, 5) is 16.8. The van der Waals surface area contributed by atoms with E-state index in [9.17, 15) is 13.2 Å². The third kappa shape index (κ3) is 4.76. The summed E-state index contributed by atoms with van der Waals surface area (Å²) >= 11 is 12.4. The number of hydrogen-bond donors (Lipinski definition) is 1. The standard InChI is InChI=1S/C19H19Cl2N5O4S/c1-11-22-17(24-30-11)10-31(28,29)25-19(27)18-13-5-3-2-4-6-15(13)26(23-18)16-8-7-12(20)9-14(16)21/h7-9H,2-6,10H2,1H3,(H,25,27). The van der Waals surface area contributed by atoms with E-state index in [0.29, 0.717) is 28.6 Å². The molecule has 0 bridgehead atoms. The summed E-state index contributed by atoms with van der Waals surface area (Å²) < 4.78 is 33.4.